The molecule has 0 aliphatic rings. The van der Waals surface area contributed by atoms with Crippen molar-refractivity contribution in [2.45, 2.75) is 39.8 Å². The Morgan fingerprint density at radius 1 is 0.909 bits per heavy atom. The van der Waals surface area contributed by atoms with E-state index in [-0.39, 0.29) is 18.4 Å². The molecule has 1 N–H and O–H groups in total. The lowest BCUT2D eigenvalue weighted by Gasteiger charge is -2.31. The molecule has 172 valence electrons. The van der Waals surface area contributed by atoms with Gasteiger partial charge in [-0.3, -0.25) is 9.59 Å². The van der Waals surface area contributed by atoms with Crippen LogP contribution in [-0.2, 0) is 22.6 Å². The predicted molar refractivity (Wildman–Crippen MR) is 131 cm³/mol. The van der Waals surface area contributed by atoms with E-state index in [1.165, 1.54) is 0 Å². The topological polar surface area (TPSA) is 58.6 Å². The normalized spacial score (nSPS) is 11.5. The van der Waals surface area contributed by atoms with Crippen molar-refractivity contribution in [1.29, 1.82) is 0 Å². The highest BCUT2D eigenvalue weighted by Gasteiger charge is 2.30. The first-order valence-corrected chi connectivity index (χ1v) is 11.2. The summed E-state index contributed by atoms with van der Waals surface area (Å²) in [5.41, 5.74) is 5.15. The lowest BCUT2D eigenvalue weighted by Crippen LogP contribution is -2.51. The summed E-state index contributed by atoms with van der Waals surface area (Å²) in [6.07, 6.45) is 0.418. The molecule has 3 aromatic carbocycles. The van der Waals surface area contributed by atoms with Crippen molar-refractivity contribution in [2.75, 3.05) is 13.7 Å². The van der Waals surface area contributed by atoms with Crippen LogP contribution in [0.5, 0.6) is 5.75 Å². The van der Waals surface area contributed by atoms with Gasteiger partial charge in [-0.2, -0.15) is 0 Å². The summed E-state index contributed by atoms with van der Waals surface area (Å²) in [4.78, 5) is 28.0. The Balaban J connectivity index is 1.88. The summed E-state index contributed by atoms with van der Waals surface area (Å²) in [6, 6.07) is 22.8. The van der Waals surface area contributed by atoms with Crippen LogP contribution in [0, 0.1) is 20.8 Å². The fraction of sp³-hybridized carbons (Fsp3) is 0.286. The van der Waals surface area contributed by atoms with E-state index < -0.39 is 6.04 Å². The number of benzene rings is 3. The Hall–Kier alpha value is -3.60. The largest absolute Gasteiger partial charge is 0.483 e. The molecule has 0 unspecified atom stereocenters. The molecule has 0 saturated carbocycles. The summed E-state index contributed by atoms with van der Waals surface area (Å²) < 4.78 is 5.97. The number of hydrogen-bond acceptors (Lipinski definition) is 3. The van der Waals surface area contributed by atoms with Gasteiger partial charge < -0.3 is 15.0 Å². The zero-order valence-electron chi connectivity index (χ0n) is 19.8. The lowest BCUT2D eigenvalue weighted by molar-refractivity contribution is -0.142. The summed E-state index contributed by atoms with van der Waals surface area (Å²) in [7, 11) is 1.60. The highest BCUT2D eigenvalue weighted by molar-refractivity contribution is 5.88. The molecule has 1 atom stereocenters. The SMILES string of the molecule is CNC(=O)[C@H](Cc1ccccc1)N(Cc1ccccc1)C(=O)COc1cc(C)cc(C)c1C. The van der Waals surface area contributed by atoms with Crippen LogP contribution >= 0.6 is 0 Å². The smallest absolute Gasteiger partial charge is 0.261 e. The molecule has 0 bridgehead atoms. The quantitative estimate of drug-likeness (QED) is 0.533. The van der Waals surface area contributed by atoms with Crippen molar-refractivity contribution < 1.29 is 14.3 Å². The van der Waals surface area contributed by atoms with Gasteiger partial charge in [-0.05, 0) is 54.7 Å². The predicted octanol–water partition coefficient (Wildman–Crippen LogP) is 4.38. The number of amides is 2. The third-order valence-corrected chi connectivity index (χ3v) is 5.83. The minimum atomic E-state index is -0.658. The Morgan fingerprint density at radius 3 is 2.12 bits per heavy atom. The molecule has 0 fully saturated rings. The van der Waals surface area contributed by atoms with Crippen molar-refractivity contribution in [3.05, 3.63) is 101 Å². The Morgan fingerprint density at radius 2 is 1.52 bits per heavy atom. The summed E-state index contributed by atoms with van der Waals surface area (Å²) in [5, 5.41) is 2.73. The maximum Gasteiger partial charge on any atom is 0.261 e. The minimum absolute atomic E-state index is 0.140. The van der Waals surface area contributed by atoms with Crippen molar-refractivity contribution >= 4 is 11.8 Å². The number of rotatable bonds is 9. The number of nitrogens with zero attached hydrogens (tertiary/aromatic N) is 1. The summed E-state index contributed by atoms with van der Waals surface area (Å²) >= 11 is 0. The van der Waals surface area contributed by atoms with Crippen molar-refractivity contribution in [2.24, 2.45) is 0 Å². The Kier molecular flexibility index (Phi) is 8.25. The maximum absolute atomic E-state index is 13.5. The zero-order chi connectivity index (χ0) is 23.8. The lowest BCUT2D eigenvalue weighted by atomic mass is 10.0. The second-order valence-electron chi connectivity index (χ2n) is 8.32. The molecule has 0 heterocycles. The summed E-state index contributed by atoms with van der Waals surface area (Å²) in [6.45, 7) is 6.20. The Labute approximate surface area is 196 Å². The maximum atomic E-state index is 13.5. The average Bonchev–Trinajstić information content (AvgIpc) is 2.83. The van der Waals surface area contributed by atoms with E-state index in [0.29, 0.717) is 18.7 Å². The molecular weight excluding hydrogens is 412 g/mol. The van der Waals surface area contributed by atoms with Gasteiger partial charge in [-0.15, -0.1) is 0 Å². The van der Waals surface area contributed by atoms with Crippen LogP contribution in [0.4, 0.5) is 0 Å². The Bertz CT molecular complexity index is 1080. The van der Waals surface area contributed by atoms with Crippen molar-refractivity contribution in [3.63, 3.8) is 0 Å². The van der Waals surface area contributed by atoms with Gasteiger partial charge in [0.05, 0.1) is 0 Å². The first-order chi connectivity index (χ1) is 15.9. The molecule has 0 aliphatic heterocycles. The van der Waals surface area contributed by atoms with E-state index in [9.17, 15) is 9.59 Å². The highest BCUT2D eigenvalue weighted by Crippen LogP contribution is 2.24. The van der Waals surface area contributed by atoms with Crippen LogP contribution < -0.4 is 10.1 Å². The van der Waals surface area contributed by atoms with Crippen LogP contribution in [0.3, 0.4) is 0 Å². The number of ether oxygens (including phenoxy) is 1. The molecule has 5 heteroatoms. The zero-order valence-corrected chi connectivity index (χ0v) is 19.8. The number of aryl methyl sites for hydroxylation is 2. The fourth-order valence-corrected chi connectivity index (χ4v) is 3.87. The molecule has 0 radical (unpaired) electrons. The molecule has 3 rings (SSSR count). The molecule has 33 heavy (non-hydrogen) atoms. The molecule has 0 saturated heterocycles. The van der Waals surface area contributed by atoms with Gasteiger partial charge in [0.1, 0.15) is 11.8 Å². The second kappa shape index (κ2) is 11.3. The number of likely N-dealkylation sites (N-methyl/N-ethyl adjacent to an activating group) is 1. The van der Waals surface area contributed by atoms with Gasteiger partial charge in [0, 0.05) is 20.0 Å². The number of nitrogens with one attached hydrogen (secondary N) is 1. The number of carbonyl (C=O) groups is 2. The molecule has 0 spiro atoms. The minimum Gasteiger partial charge on any atom is -0.483 e. The van der Waals surface area contributed by atoms with Crippen LogP contribution in [0.2, 0.25) is 0 Å². The first kappa shape index (κ1) is 24.1. The van der Waals surface area contributed by atoms with Crippen LogP contribution in [-0.4, -0.2) is 36.4 Å². The van der Waals surface area contributed by atoms with Crippen molar-refractivity contribution in [1.82, 2.24) is 10.2 Å². The average molecular weight is 445 g/mol. The monoisotopic (exact) mass is 444 g/mol. The highest BCUT2D eigenvalue weighted by atomic mass is 16.5. The van der Waals surface area contributed by atoms with Crippen molar-refractivity contribution in [3.8, 4) is 5.75 Å². The fourth-order valence-electron chi connectivity index (χ4n) is 3.87. The molecule has 0 aliphatic carbocycles. The van der Waals surface area contributed by atoms with E-state index in [1.807, 2.05) is 87.5 Å². The van der Waals surface area contributed by atoms with Crippen LogP contribution in [0.25, 0.3) is 0 Å². The van der Waals surface area contributed by atoms with E-state index in [2.05, 4.69) is 11.4 Å². The van der Waals surface area contributed by atoms with Crippen LogP contribution in [0.1, 0.15) is 27.8 Å². The second-order valence-corrected chi connectivity index (χ2v) is 8.32. The summed E-state index contributed by atoms with van der Waals surface area (Å²) in [5.74, 6) is 0.257. The van der Waals surface area contributed by atoms with Gasteiger partial charge in [-0.25, -0.2) is 0 Å². The third kappa shape index (κ3) is 6.45. The van der Waals surface area contributed by atoms with Gasteiger partial charge in [0.15, 0.2) is 6.61 Å². The standard InChI is InChI=1S/C28H32N2O3/c1-20-15-21(2)22(3)26(16-20)33-19-27(31)30(18-24-13-9-6-10-14-24)25(28(32)29-4)17-23-11-7-5-8-12-23/h5-16,25H,17-19H2,1-4H3,(H,29,32)/t25-/m0/s1. The van der Waals surface area contributed by atoms with Gasteiger partial charge in [-0.1, -0.05) is 66.7 Å². The molecule has 3 aromatic rings. The number of carbonyl (C=O) groups excluding carboxylic acids is 2. The van der Waals surface area contributed by atoms with Gasteiger partial charge in [0.25, 0.3) is 5.91 Å². The van der Waals surface area contributed by atoms with E-state index in [0.717, 1.165) is 27.8 Å². The van der Waals surface area contributed by atoms with Gasteiger partial charge in [0.2, 0.25) is 5.91 Å². The molecule has 5 nitrogen and oxygen atoms in total. The van der Waals surface area contributed by atoms with Gasteiger partial charge >= 0.3 is 0 Å². The third-order valence-electron chi connectivity index (χ3n) is 5.83. The molecule has 2 amide bonds. The molecule has 0 aromatic heterocycles. The number of hydrogen-bond donors (Lipinski definition) is 1. The van der Waals surface area contributed by atoms with Crippen LogP contribution in [0.15, 0.2) is 72.8 Å². The van der Waals surface area contributed by atoms with E-state index in [4.69, 9.17) is 4.74 Å². The molecular formula is C28H32N2O3. The van der Waals surface area contributed by atoms with E-state index in [1.54, 1.807) is 11.9 Å². The van der Waals surface area contributed by atoms with E-state index >= 15 is 0 Å². The first-order valence-electron chi connectivity index (χ1n) is 11.2.